The zero-order valence-electron chi connectivity index (χ0n) is 14.5. The van der Waals surface area contributed by atoms with E-state index in [1.54, 1.807) is 38.4 Å². The zero-order chi connectivity index (χ0) is 18.1. The summed E-state index contributed by atoms with van der Waals surface area (Å²) in [5.41, 5.74) is 0.352. The molecule has 0 unspecified atom stereocenters. The van der Waals surface area contributed by atoms with Crippen molar-refractivity contribution < 1.29 is 19.1 Å². The third kappa shape index (κ3) is 6.62. The minimum atomic E-state index is -0.574. The van der Waals surface area contributed by atoms with Crippen molar-refractivity contribution in [2.45, 2.75) is 31.2 Å². The molecule has 0 aliphatic carbocycles. The molecule has 0 bridgehead atoms. The van der Waals surface area contributed by atoms with E-state index in [-0.39, 0.29) is 30.2 Å². The molecule has 0 aliphatic rings. The molecule has 1 rings (SSSR count). The number of amides is 2. The Balaban J connectivity index is 2.64. The number of ether oxygens (including phenoxy) is 1. The largest absolute Gasteiger partial charge is 0.452 e. The topological polar surface area (TPSA) is 75.7 Å². The van der Waals surface area contributed by atoms with E-state index in [0.717, 1.165) is 6.42 Å². The molecule has 0 radical (unpaired) electrons. The maximum Gasteiger partial charge on any atom is 0.339 e. The summed E-state index contributed by atoms with van der Waals surface area (Å²) < 4.78 is 5.07. The summed E-state index contributed by atoms with van der Waals surface area (Å²) in [5.74, 6) is -0.720. The molecule has 0 fully saturated rings. The van der Waals surface area contributed by atoms with Gasteiger partial charge < -0.3 is 15.0 Å². The molecular formula is C17H24N2O4S. The van der Waals surface area contributed by atoms with Gasteiger partial charge in [-0.15, -0.1) is 11.8 Å². The molecule has 0 heterocycles. The normalized spacial score (nSPS) is 11.5. The third-order valence-corrected chi connectivity index (χ3v) is 4.37. The van der Waals surface area contributed by atoms with Gasteiger partial charge in [0.25, 0.3) is 5.91 Å². The molecule has 0 aliphatic heterocycles. The molecule has 1 aromatic rings. The number of hydrogen-bond donors (Lipinski definition) is 1. The zero-order valence-corrected chi connectivity index (χ0v) is 15.3. The van der Waals surface area contributed by atoms with Crippen molar-refractivity contribution in [1.82, 2.24) is 10.2 Å². The summed E-state index contributed by atoms with van der Waals surface area (Å²) in [7, 11) is 3.36. The van der Waals surface area contributed by atoms with Gasteiger partial charge in [-0.25, -0.2) is 4.79 Å². The highest BCUT2D eigenvalue weighted by Crippen LogP contribution is 2.23. The van der Waals surface area contributed by atoms with Crippen molar-refractivity contribution in [3.8, 4) is 0 Å². The molecular weight excluding hydrogens is 328 g/mol. The van der Waals surface area contributed by atoms with Crippen LogP contribution in [0.4, 0.5) is 0 Å². The van der Waals surface area contributed by atoms with E-state index in [4.69, 9.17) is 4.74 Å². The van der Waals surface area contributed by atoms with E-state index in [1.165, 1.54) is 16.7 Å². The molecule has 1 atom stereocenters. The van der Waals surface area contributed by atoms with Crippen molar-refractivity contribution >= 4 is 29.5 Å². The SMILES string of the molecule is CC[C@@H](C)NC(=O)COC(=O)c1ccccc1SCC(=O)N(C)C. The molecule has 2 amide bonds. The van der Waals surface area contributed by atoms with Crippen LogP contribution in [-0.2, 0) is 14.3 Å². The fourth-order valence-corrected chi connectivity index (χ4v) is 2.68. The minimum absolute atomic E-state index is 0.0380. The van der Waals surface area contributed by atoms with Crippen LogP contribution in [0.25, 0.3) is 0 Å². The Morgan fingerprint density at radius 3 is 2.54 bits per heavy atom. The van der Waals surface area contributed by atoms with Gasteiger partial charge in [0.05, 0.1) is 11.3 Å². The van der Waals surface area contributed by atoms with Gasteiger partial charge in [-0.3, -0.25) is 9.59 Å². The summed E-state index contributed by atoms with van der Waals surface area (Å²) in [6.45, 7) is 3.52. The molecule has 1 N–H and O–H groups in total. The average molecular weight is 352 g/mol. The van der Waals surface area contributed by atoms with E-state index >= 15 is 0 Å². The van der Waals surface area contributed by atoms with Crippen LogP contribution < -0.4 is 5.32 Å². The molecule has 0 aromatic heterocycles. The Labute approximate surface area is 146 Å². The fourth-order valence-electron chi connectivity index (χ4n) is 1.66. The summed E-state index contributed by atoms with van der Waals surface area (Å²) in [5, 5.41) is 2.73. The number of rotatable bonds is 8. The molecule has 7 heteroatoms. The van der Waals surface area contributed by atoms with Crippen molar-refractivity contribution in [1.29, 1.82) is 0 Å². The lowest BCUT2D eigenvalue weighted by Gasteiger charge is -2.13. The summed E-state index contributed by atoms with van der Waals surface area (Å²) in [6.07, 6.45) is 0.805. The Hall–Kier alpha value is -2.02. The Kier molecular flexibility index (Phi) is 8.32. The van der Waals surface area contributed by atoms with E-state index < -0.39 is 5.97 Å². The Morgan fingerprint density at radius 2 is 1.92 bits per heavy atom. The third-order valence-electron chi connectivity index (χ3n) is 3.31. The molecule has 6 nitrogen and oxygen atoms in total. The second kappa shape index (κ2) is 9.97. The molecule has 132 valence electrons. The monoisotopic (exact) mass is 352 g/mol. The average Bonchev–Trinajstić information content (AvgIpc) is 2.57. The first-order valence-electron chi connectivity index (χ1n) is 7.73. The number of carbonyl (C=O) groups is 3. The first-order valence-corrected chi connectivity index (χ1v) is 8.72. The second-order valence-corrected chi connectivity index (χ2v) is 6.54. The highest BCUT2D eigenvalue weighted by Gasteiger charge is 2.16. The van der Waals surface area contributed by atoms with Crippen LogP contribution in [0.2, 0.25) is 0 Å². The highest BCUT2D eigenvalue weighted by atomic mass is 32.2. The van der Waals surface area contributed by atoms with Gasteiger partial charge >= 0.3 is 5.97 Å². The smallest absolute Gasteiger partial charge is 0.339 e. The summed E-state index contributed by atoms with van der Waals surface area (Å²) >= 11 is 1.27. The number of nitrogens with one attached hydrogen (secondary N) is 1. The molecule has 24 heavy (non-hydrogen) atoms. The minimum Gasteiger partial charge on any atom is -0.452 e. The maximum atomic E-state index is 12.2. The number of carbonyl (C=O) groups excluding carboxylic acids is 3. The lowest BCUT2D eigenvalue weighted by Crippen LogP contribution is -2.35. The van der Waals surface area contributed by atoms with Gasteiger partial charge in [0.2, 0.25) is 5.91 Å². The molecule has 0 saturated carbocycles. The molecule has 1 aromatic carbocycles. The predicted octanol–water partition coefficient (Wildman–Crippen LogP) is 1.94. The summed E-state index contributed by atoms with van der Waals surface area (Å²) in [6, 6.07) is 6.92. The number of thioether (sulfide) groups is 1. The number of hydrogen-bond acceptors (Lipinski definition) is 5. The van der Waals surface area contributed by atoms with Gasteiger partial charge in [-0.2, -0.15) is 0 Å². The van der Waals surface area contributed by atoms with Crippen LogP contribution >= 0.6 is 11.8 Å². The van der Waals surface area contributed by atoms with Crippen LogP contribution in [0, 0.1) is 0 Å². The molecule has 0 saturated heterocycles. The molecule has 0 spiro atoms. The van der Waals surface area contributed by atoms with E-state index in [2.05, 4.69) is 5.32 Å². The van der Waals surface area contributed by atoms with Crippen molar-refractivity contribution in [2.75, 3.05) is 26.5 Å². The Morgan fingerprint density at radius 1 is 1.25 bits per heavy atom. The summed E-state index contributed by atoms with van der Waals surface area (Å²) in [4.78, 5) is 37.7. The standard InChI is InChI=1S/C17H24N2O4S/c1-5-12(2)18-15(20)10-23-17(22)13-8-6-7-9-14(13)24-11-16(21)19(3)4/h6-9,12H,5,10-11H2,1-4H3,(H,18,20)/t12-/m1/s1. The van der Waals surface area contributed by atoms with Crippen LogP contribution in [0.1, 0.15) is 30.6 Å². The van der Waals surface area contributed by atoms with Crippen molar-refractivity contribution in [3.63, 3.8) is 0 Å². The van der Waals surface area contributed by atoms with E-state index in [1.807, 2.05) is 13.8 Å². The van der Waals surface area contributed by atoms with Crippen LogP contribution in [-0.4, -0.2) is 55.2 Å². The van der Waals surface area contributed by atoms with Crippen LogP contribution in [0.15, 0.2) is 29.2 Å². The van der Waals surface area contributed by atoms with Crippen molar-refractivity contribution in [2.24, 2.45) is 0 Å². The number of esters is 1. The fraction of sp³-hybridized carbons (Fsp3) is 0.471. The number of benzene rings is 1. The Bertz CT molecular complexity index is 590. The highest BCUT2D eigenvalue weighted by molar-refractivity contribution is 8.00. The first kappa shape index (κ1) is 20.0. The maximum absolute atomic E-state index is 12.2. The van der Waals surface area contributed by atoms with E-state index in [0.29, 0.717) is 10.5 Å². The van der Waals surface area contributed by atoms with Gasteiger partial charge in [-0.1, -0.05) is 19.1 Å². The van der Waals surface area contributed by atoms with Crippen molar-refractivity contribution in [3.05, 3.63) is 29.8 Å². The lowest BCUT2D eigenvalue weighted by atomic mass is 10.2. The van der Waals surface area contributed by atoms with Gasteiger partial charge in [-0.05, 0) is 25.5 Å². The van der Waals surface area contributed by atoms with Gasteiger partial charge in [0, 0.05) is 25.0 Å². The second-order valence-electron chi connectivity index (χ2n) is 5.53. The van der Waals surface area contributed by atoms with Crippen LogP contribution in [0.5, 0.6) is 0 Å². The lowest BCUT2D eigenvalue weighted by molar-refractivity contribution is -0.126. The van der Waals surface area contributed by atoms with Gasteiger partial charge in [0.15, 0.2) is 6.61 Å². The van der Waals surface area contributed by atoms with Gasteiger partial charge in [0.1, 0.15) is 0 Å². The van der Waals surface area contributed by atoms with E-state index in [9.17, 15) is 14.4 Å². The van der Waals surface area contributed by atoms with Crippen LogP contribution in [0.3, 0.4) is 0 Å². The first-order chi connectivity index (χ1) is 11.3. The predicted molar refractivity (Wildman–Crippen MR) is 94.0 cm³/mol. The number of nitrogens with zero attached hydrogens (tertiary/aromatic N) is 1. The quantitative estimate of drug-likeness (QED) is 0.572.